The molecule has 0 radical (unpaired) electrons. The fourth-order valence-electron chi connectivity index (χ4n) is 6.52. The molecule has 3 N–H and O–H groups in total. The number of benzene rings is 3. The van der Waals surface area contributed by atoms with Crippen LogP contribution in [0, 0.1) is 0 Å². The molecule has 0 bridgehead atoms. The van der Waals surface area contributed by atoms with E-state index in [2.05, 4.69) is 17.4 Å². The number of carbonyl (C=O) groups is 3. The lowest BCUT2D eigenvalue weighted by Crippen LogP contribution is -2.51. The number of likely N-dealkylation sites (tertiary alicyclic amines) is 2. The first kappa shape index (κ1) is 32.1. The maximum Gasteiger partial charge on any atom is 0.287 e. The predicted octanol–water partition coefficient (Wildman–Crippen LogP) is 5.12. The number of hydrogen-bond donors (Lipinski definition) is 3. The smallest absolute Gasteiger partial charge is 0.287 e. The number of piperidine rings is 2. The van der Waals surface area contributed by atoms with Crippen molar-refractivity contribution in [2.45, 2.75) is 57.0 Å². The molecule has 10 nitrogen and oxygen atoms in total. The van der Waals surface area contributed by atoms with E-state index in [1.54, 1.807) is 29.2 Å². The van der Waals surface area contributed by atoms with E-state index < -0.39 is 28.9 Å². The largest absolute Gasteiger partial charge is 0.504 e. The van der Waals surface area contributed by atoms with Gasteiger partial charge in [0.1, 0.15) is 11.6 Å². The Balaban J connectivity index is 1.18. The van der Waals surface area contributed by atoms with Crippen molar-refractivity contribution in [1.82, 2.24) is 15.1 Å². The minimum atomic E-state index is -0.966. The Labute approximate surface area is 276 Å². The van der Waals surface area contributed by atoms with Gasteiger partial charge in [-0.15, -0.1) is 0 Å². The van der Waals surface area contributed by atoms with Crippen molar-refractivity contribution in [2.75, 3.05) is 19.6 Å². The Morgan fingerprint density at radius 1 is 0.936 bits per heavy atom. The SMILES string of the molecule is O=C(NC(Cc1ccc(Cl)cc1)C(=O)N1CCC(c2ccccc2CN2CCCCC2=O)CC1)c1cc(=O)c2cc(O)c(O)cc2o1. The van der Waals surface area contributed by atoms with E-state index in [-0.39, 0.29) is 40.9 Å². The second kappa shape index (κ2) is 13.9. The number of phenols is 2. The zero-order chi connectivity index (χ0) is 33.1. The summed E-state index contributed by atoms with van der Waals surface area (Å²) in [5.41, 5.74) is 2.46. The molecule has 47 heavy (non-hydrogen) atoms. The highest BCUT2D eigenvalue weighted by molar-refractivity contribution is 6.30. The van der Waals surface area contributed by atoms with Gasteiger partial charge in [0.25, 0.3) is 5.91 Å². The Morgan fingerprint density at radius 3 is 2.40 bits per heavy atom. The molecular weight excluding hydrogens is 622 g/mol. The molecule has 2 fully saturated rings. The fraction of sp³-hybridized carbons (Fsp3) is 0.333. The molecule has 3 aromatic carbocycles. The number of carbonyl (C=O) groups excluding carboxylic acids is 3. The van der Waals surface area contributed by atoms with Crippen molar-refractivity contribution in [3.63, 3.8) is 0 Å². The van der Waals surface area contributed by atoms with E-state index in [0.717, 1.165) is 61.6 Å². The number of fused-ring (bicyclic) bond motifs is 1. The van der Waals surface area contributed by atoms with Gasteiger partial charge in [-0.3, -0.25) is 19.2 Å². The maximum absolute atomic E-state index is 14.0. The molecule has 0 saturated carbocycles. The van der Waals surface area contributed by atoms with Gasteiger partial charge < -0.3 is 29.7 Å². The first-order valence-corrected chi connectivity index (χ1v) is 16.2. The van der Waals surface area contributed by atoms with Gasteiger partial charge in [-0.1, -0.05) is 48.0 Å². The lowest BCUT2D eigenvalue weighted by molar-refractivity contribution is -0.135. The van der Waals surface area contributed by atoms with E-state index >= 15 is 0 Å². The van der Waals surface area contributed by atoms with E-state index in [4.69, 9.17) is 16.0 Å². The Bertz CT molecular complexity index is 1870. The highest BCUT2D eigenvalue weighted by Gasteiger charge is 2.32. The third kappa shape index (κ3) is 7.28. The Kier molecular flexibility index (Phi) is 9.49. The van der Waals surface area contributed by atoms with Crippen molar-refractivity contribution in [2.24, 2.45) is 0 Å². The maximum atomic E-state index is 14.0. The van der Waals surface area contributed by atoms with Crippen LogP contribution >= 0.6 is 11.6 Å². The number of halogens is 1. The molecule has 1 aromatic heterocycles. The van der Waals surface area contributed by atoms with E-state index in [1.165, 1.54) is 5.56 Å². The number of aromatic hydroxyl groups is 2. The van der Waals surface area contributed by atoms with E-state index in [0.29, 0.717) is 31.1 Å². The van der Waals surface area contributed by atoms with Gasteiger partial charge in [0, 0.05) is 56.2 Å². The summed E-state index contributed by atoms with van der Waals surface area (Å²) in [6, 6.07) is 17.4. The first-order chi connectivity index (χ1) is 22.7. The van der Waals surface area contributed by atoms with Crippen LogP contribution in [0.15, 0.2) is 75.9 Å². The lowest BCUT2D eigenvalue weighted by atomic mass is 9.86. The van der Waals surface area contributed by atoms with E-state index in [1.807, 2.05) is 17.0 Å². The number of nitrogens with zero attached hydrogens (tertiary/aromatic N) is 2. The third-order valence-electron chi connectivity index (χ3n) is 9.09. The van der Waals surface area contributed by atoms with Gasteiger partial charge in [-0.05, 0) is 66.5 Å². The summed E-state index contributed by atoms with van der Waals surface area (Å²) in [7, 11) is 0. The van der Waals surface area contributed by atoms with Crippen LogP contribution in [-0.2, 0) is 22.6 Å². The summed E-state index contributed by atoms with van der Waals surface area (Å²) >= 11 is 6.08. The van der Waals surface area contributed by atoms with Crippen molar-refractivity contribution < 1.29 is 29.0 Å². The van der Waals surface area contributed by atoms with Crippen molar-refractivity contribution in [3.8, 4) is 11.5 Å². The van der Waals surface area contributed by atoms with Gasteiger partial charge in [0.05, 0.1) is 5.39 Å². The molecule has 6 rings (SSSR count). The monoisotopic (exact) mass is 657 g/mol. The highest BCUT2D eigenvalue weighted by atomic mass is 35.5. The summed E-state index contributed by atoms with van der Waals surface area (Å²) in [4.78, 5) is 56.3. The van der Waals surface area contributed by atoms with Gasteiger partial charge in [0.2, 0.25) is 11.8 Å². The number of phenolic OH excluding ortho intramolecular Hbond substituents is 2. The number of hydrogen-bond acceptors (Lipinski definition) is 7. The fourth-order valence-corrected chi connectivity index (χ4v) is 6.65. The predicted molar refractivity (Wildman–Crippen MR) is 176 cm³/mol. The first-order valence-electron chi connectivity index (χ1n) is 15.9. The lowest BCUT2D eigenvalue weighted by Gasteiger charge is -2.36. The van der Waals surface area contributed by atoms with Gasteiger partial charge in [0.15, 0.2) is 22.7 Å². The van der Waals surface area contributed by atoms with Gasteiger partial charge >= 0.3 is 0 Å². The molecule has 0 spiro atoms. The quantitative estimate of drug-likeness (QED) is 0.224. The molecule has 3 heterocycles. The number of nitrogens with one attached hydrogen (secondary N) is 1. The van der Waals surface area contributed by atoms with Crippen LogP contribution in [0.3, 0.4) is 0 Å². The standard InChI is InChI=1S/C36H36ClN3O7/c37-25-10-8-22(9-11-25)17-28(38-35(45)33-19-29(41)27-18-30(42)31(43)20-32(27)47-33)36(46)39-15-12-23(13-16-39)26-6-2-1-5-24(26)21-40-14-4-3-7-34(40)44/h1-2,5-6,8-11,18-20,23,28,42-43H,3-4,7,12-17,21H2,(H,38,45). The molecule has 1 atom stereocenters. The van der Waals surface area contributed by atoms with Crippen LogP contribution in [-0.4, -0.2) is 63.4 Å². The third-order valence-corrected chi connectivity index (χ3v) is 9.34. The van der Waals surface area contributed by atoms with Crippen LogP contribution in [0.4, 0.5) is 0 Å². The molecule has 0 aliphatic carbocycles. The molecular formula is C36H36ClN3O7. The van der Waals surface area contributed by atoms with Crippen molar-refractivity contribution in [3.05, 3.63) is 104 Å². The van der Waals surface area contributed by atoms with Crippen molar-refractivity contribution in [1.29, 1.82) is 0 Å². The summed E-state index contributed by atoms with van der Waals surface area (Å²) in [5.74, 6) is -1.92. The Morgan fingerprint density at radius 2 is 1.66 bits per heavy atom. The number of rotatable bonds is 8. The minimum absolute atomic E-state index is 0.00221. The van der Waals surface area contributed by atoms with Crippen LogP contribution < -0.4 is 10.7 Å². The number of amides is 3. The molecule has 4 aromatic rings. The van der Waals surface area contributed by atoms with Crippen LogP contribution in [0.5, 0.6) is 11.5 Å². The second-order valence-electron chi connectivity index (χ2n) is 12.2. The van der Waals surface area contributed by atoms with E-state index in [9.17, 15) is 29.4 Å². The van der Waals surface area contributed by atoms with Crippen LogP contribution in [0.25, 0.3) is 11.0 Å². The normalized spacial score (nSPS) is 16.3. The molecule has 11 heteroatoms. The summed E-state index contributed by atoms with van der Waals surface area (Å²) in [6.45, 7) is 2.34. The molecule has 2 aliphatic rings. The minimum Gasteiger partial charge on any atom is -0.504 e. The molecule has 2 saturated heterocycles. The van der Waals surface area contributed by atoms with Crippen LogP contribution in [0.1, 0.15) is 65.3 Å². The van der Waals surface area contributed by atoms with Gasteiger partial charge in [-0.25, -0.2) is 0 Å². The average Bonchev–Trinajstić information content (AvgIpc) is 3.07. The zero-order valence-corrected chi connectivity index (χ0v) is 26.5. The summed E-state index contributed by atoms with van der Waals surface area (Å²) in [5, 5.41) is 23.0. The molecule has 2 aliphatic heterocycles. The molecule has 3 amide bonds. The highest BCUT2D eigenvalue weighted by Crippen LogP contribution is 2.32. The summed E-state index contributed by atoms with van der Waals surface area (Å²) in [6.07, 6.45) is 4.19. The summed E-state index contributed by atoms with van der Waals surface area (Å²) < 4.78 is 5.62. The second-order valence-corrected chi connectivity index (χ2v) is 12.7. The van der Waals surface area contributed by atoms with Gasteiger partial charge in [-0.2, -0.15) is 0 Å². The Hall–Kier alpha value is -4.83. The average molecular weight is 658 g/mol. The molecule has 244 valence electrons. The van der Waals surface area contributed by atoms with Crippen molar-refractivity contribution >= 4 is 40.3 Å². The van der Waals surface area contributed by atoms with Crippen LogP contribution in [0.2, 0.25) is 5.02 Å². The topological polar surface area (TPSA) is 140 Å². The zero-order valence-electron chi connectivity index (χ0n) is 25.8. The molecule has 1 unspecified atom stereocenters.